The summed E-state index contributed by atoms with van der Waals surface area (Å²) in [6, 6.07) is 15.9. The SMILES string of the molecule is CC(=O)N1CCc2cc(NC(=O)c3sccc3-c3ccc(C)cc3)ccc21. The number of carbonyl (C=O) groups is 2. The van der Waals surface area contributed by atoms with Crippen molar-refractivity contribution in [2.24, 2.45) is 0 Å². The van der Waals surface area contributed by atoms with Crippen LogP contribution >= 0.6 is 11.3 Å². The fourth-order valence-electron chi connectivity index (χ4n) is 3.44. The van der Waals surface area contributed by atoms with Crippen LogP contribution in [0.4, 0.5) is 11.4 Å². The number of amides is 2. The van der Waals surface area contributed by atoms with Crippen LogP contribution in [0.5, 0.6) is 0 Å². The first-order chi connectivity index (χ1) is 13.0. The number of rotatable bonds is 3. The van der Waals surface area contributed by atoms with Crippen LogP contribution < -0.4 is 10.2 Å². The van der Waals surface area contributed by atoms with Crippen LogP contribution in [-0.2, 0) is 11.2 Å². The van der Waals surface area contributed by atoms with Crippen molar-refractivity contribution in [2.75, 3.05) is 16.8 Å². The first kappa shape index (κ1) is 17.5. The minimum Gasteiger partial charge on any atom is -0.321 e. The van der Waals surface area contributed by atoms with Crippen LogP contribution in [0.1, 0.15) is 27.7 Å². The van der Waals surface area contributed by atoms with Gasteiger partial charge in [-0.1, -0.05) is 29.8 Å². The van der Waals surface area contributed by atoms with Gasteiger partial charge in [0.1, 0.15) is 0 Å². The molecular weight excluding hydrogens is 356 g/mol. The molecule has 4 rings (SSSR count). The zero-order valence-electron chi connectivity index (χ0n) is 15.3. The van der Waals surface area contributed by atoms with Crippen LogP contribution in [0.3, 0.4) is 0 Å². The van der Waals surface area contributed by atoms with Crippen molar-refractivity contribution in [1.29, 1.82) is 0 Å². The molecule has 0 saturated carbocycles. The highest BCUT2D eigenvalue weighted by molar-refractivity contribution is 7.12. The normalized spacial score (nSPS) is 12.7. The van der Waals surface area contributed by atoms with Gasteiger partial charge in [-0.25, -0.2) is 0 Å². The molecule has 0 bridgehead atoms. The number of nitrogens with zero attached hydrogens (tertiary/aromatic N) is 1. The fraction of sp³-hybridized carbons (Fsp3) is 0.182. The predicted molar refractivity (Wildman–Crippen MR) is 111 cm³/mol. The fourth-order valence-corrected chi connectivity index (χ4v) is 4.25. The van der Waals surface area contributed by atoms with Gasteiger partial charge in [-0.15, -0.1) is 11.3 Å². The summed E-state index contributed by atoms with van der Waals surface area (Å²) >= 11 is 1.44. The molecule has 2 heterocycles. The summed E-state index contributed by atoms with van der Waals surface area (Å²) in [6.45, 7) is 4.32. The molecular formula is C22H20N2O2S. The molecule has 4 nitrogen and oxygen atoms in total. The summed E-state index contributed by atoms with van der Waals surface area (Å²) in [5.41, 5.74) is 5.97. The maximum absolute atomic E-state index is 12.8. The summed E-state index contributed by atoms with van der Waals surface area (Å²) in [4.78, 5) is 27.0. The lowest BCUT2D eigenvalue weighted by molar-refractivity contribution is -0.116. The van der Waals surface area contributed by atoms with Crippen molar-refractivity contribution in [1.82, 2.24) is 0 Å². The van der Waals surface area contributed by atoms with E-state index in [1.807, 2.05) is 48.7 Å². The largest absolute Gasteiger partial charge is 0.321 e. The maximum Gasteiger partial charge on any atom is 0.266 e. The van der Waals surface area contributed by atoms with Crippen molar-refractivity contribution in [3.05, 3.63) is 69.9 Å². The Hall–Kier alpha value is -2.92. The van der Waals surface area contributed by atoms with Crippen molar-refractivity contribution < 1.29 is 9.59 Å². The van der Waals surface area contributed by atoms with E-state index in [0.29, 0.717) is 11.4 Å². The van der Waals surface area contributed by atoms with Crippen LogP contribution in [0, 0.1) is 6.92 Å². The molecule has 0 saturated heterocycles. The smallest absolute Gasteiger partial charge is 0.266 e. The Balaban J connectivity index is 1.57. The van der Waals surface area contributed by atoms with Gasteiger partial charge in [-0.2, -0.15) is 0 Å². The molecule has 0 fully saturated rings. The number of fused-ring (bicyclic) bond motifs is 1. The number of nitrogens with one attached hydrogen (secondary N) is 1. The molecule has 0 unspecified atom stereocenters. The highest BCUT2D eigenvalue weighted by atomic mass is 32.1. The lowest BCUT2D eigenvalue weighted by Crippen LogP contribution is -2.25. The summed E-state index contributed by atoms with van der Waals surface area (Å²) in [6.07, 6.45) is 0.812. The number of carbonyl (C=O) groups excluding carboxylic acids is 2. The monoisotopic (exact) mass is 376 g/mol. The Morgan fingerprint density at radius 2 is 1.85 bits per heavy atom. The first-order valence-corrected chi connectivity index (χ1v) is 9.78. The van der Waals surface area contributed by atoms with Gasteiger partial charge in [0.05, 0.1) is 4.88 Å². The van der Waals surface area contributed by atoms with E-state index in [2.05, 4.69) is 17.4 Å². The Bertz CT molecular complexity index is 1020. The predicted octanol–water partition coefficient (Wildman–Crippen LogP) is 4.88. The Morgan fingerprint density at radius 3 is 2.59 bits per heavy atom. The van der Waals surface area contributed by atoms with E-state index < -0.39 is 0 Å². The molecule has 0 radical (unpaired) electrons. The van der Waals surface area contributed by atoms with Gasteiger partial charge in [0.2, 0.25) is 5.91 Å². The van der Waals surface area contributed by atoms with Crippen LogP contribution in [0.2, 0.25) is 0 Å². The van der Waals surface area contributed by atoms with Gasteiger partial charge in [0.25, 0.3) is 5.91 Å². The lowest BCUT2D eigenvalue weighted by atomic mass is 10.0. The van der Waals surface area contributed by atoms with E-state index in [-0.39, 0.29) is 11.8 Å². The minimum absolute atomic E-state index is 0.0480. The van der Waals surface area contributed by atoms with Gasteiger partial charge in [-0.05, 0) is 54.1 Å². The van der Waals surface area contributed by atoms with E-state index in [9.17, 15) is 9.59 Å². The molecule has 27 heavy (non-hydrogen) atoms. The summed E-state index contributed by atoms with van der Waals surface area (Å²) in [5, 5.41) is 4.95. The quantitative estimate of drug-likeness (QED) is 0.708. The third-order valence-electron chi connectivity index (χ3n) is 4.85. The van der Waals surface area contributed by atoms with E-state index in [1.54, 1.807) is 11.8 Å². The molecule has 1 N–H and O–H groups in total. The molecule has 136 valence electrons. The van der Waals surface area contributed by atoms with Crippen molar-refractivity contribution in [3.63, 3.8) is 0 Å². The number of anilines is 2. The lowest BCUT2D eigenvalue weighted by Gasteiger charge is -2.15. The third kappa shape index (κ3) is 3.38. The number of thiophene rings is 1. The van der Waals surface area contributed by atoms with Crippen LogP contribution in [0.15, 0.2) is 53.9 Å². The van der Waals surface area contributed by atoms with Crippen molar-refractivity contribution >= 4 is 34.5 Å². The van der Waals surface area contributed by atoms with Crippen molar-refractivity contribution in [3.8, 4) is 11.1 Å². The minimum atomic E-state index is -0.109. The second-order valence-electron chi connectivity index (χ2n) is 6.75. The second-order valence-corrected chi connectivity index (χ2v) is 7.66. The molecule has 3 aromatic rings. The molecule has 1 aromatic heterocycles. The first-order valence-electron chi connectivity index (χ1n) is 8.90. The molecule has 5 heteroatoms. The van der Waals surface area contributed by atoms with Gasteiger partial charge >= 0.3 is 0 Å². The molecule has 0 spiro atoms. The topological polar surface area (TPSA) is 49.4 Å². The van der Waals surface area contributed by atoms with E-state index >= 15 is 0 Å². The highest BCUT2D eigenvalue weighted by Crippen LogP contribution is 2.32. The third-order valence-corrected chi connectivity index (χ3v) is 5.76. The number of hydrogen-bond acceptors (Lipinski definition) is 3. The molecule has 0 atom stereocenters. The zero-order chi connectivity index (χ0) is 19.0. The van der Waals surface area contributed by atoms with E-state index in [1.165, 1.54) is 16.9 Å². The zero-order valence-corrected chi connectivity index (χ0v) is 16.1. The second kappa shape index (κ2) is 7.00. The standard InChI is InChI=1S/C22H20N2O2S/c1-14-3-5-16(6-4-14)19-10-12-27-21(19)22(26)23-18-7-8-20-17(13-18)9-11-24(20)15(2)25/h3-8,10,12-13H,9,11H2,1-2H3,(H,23,26). The van der Waals surface area contributed by atoms with Gasteiger partial charge in [-0.3, -0.25) is 9.59 Å². The average Bonchev–Trinajstić information content (AvgIpc) is 3.29. The summed E-state index contributed by atoms with van der Waals surface area (Å²) < 4.78 is 0. The van der Waals surface area contributed by atoms with Gasteiger partial charge in [0.15, 0.2) is 0 Å². The molecule has 1 aliphatic rings. The number of aryl methyl sites for hydroxylation is 1. The van der Waals surface area contributed by atoms with Crippen LogP contribution in [-0.4, -0.2) is 18.4 Å². The Labute approximate surface area is 162 Å². The molecule has 0 aliphatic carbocycles. The summed E-state index contributed by atoms with van der Waals surface area (Å²) in [5.74, 6) is -0.0613. The van der Waals surface area contributed by atoms with Crippen LogP contribution in [0.25, 0.3) is 11.1 Å². The Kier molecular flexibility index (Phi) is 4.54. The van der Waals surface area contributed by atoms with E-state index in [4.69, 9.17) is 0 Å². The van der Waals surface area contributed by atoms with Crippen molar-refractivity contribution in [2.45, 2.75) is 20.3 Å². The molecule has 2 aromatic carbocycles. The molecule has 2 amide bonds. The van der Waals surface area contributed by atoms with Gasteiger partial charge < -0.3 is 10.2 Å². The molecule has 1 aliphatic heterocycles. The number of benzene rings is 2. The average molecular weight is 376 g/mol. The number of hydrogen-bond donors (Lipinski definition) is 1. The maximum atomic E-state index is 12.8. The highest BCUT2D eigenvalue weighted by Gasteiger charge is 2.23. The Morgan fingerprint density at radius 1 is 1.07 bits per heavy atom. The van der Waals surface area contributed by atoms with Gasteiger partial charge in [0, 0.05) is 30.4 Å². The summed E-state index contributed by atoms with van der Waals surface area (Å²) in [7, 11) is 0. The van der Waals surface area contributed by atoms with E-state index in [0.717, 1.165) is 34.5 Å².